The molecule has 0 bridgehead atoms. The Morgan fingerprint density at radius 2 is 1.71 bits per heavy atom. The highest BCUT2D eigenvalue weighted by atomic mass is 35.5. The van der Waals surface area contributed by atoms with Gasteiger partial charge in [0.1, 0.15) is 5.15 Å². The van der Waals surface area contributed by atoms with E-state index in [0.29, 0.717) is 16.8 Å². The van der Waals surface area contributed by atoms with Gasteiger partial charge in [0.2, 0.25) is 10.0 Å². The average Bonchev–Trinajstić information content (AvgIpc) is 2.83. The SMILES string of the molecule is CS(=O)(=O)N(Cc1ccc(C(=O)N/N=C\c2cc3ccccc3nc2Cl)cc1)c1ccccc1. The third-order valence-corrected chi connectivity index (χ3v) is 6.50. The number of hydrogen-bond donors (Lipinski definition) is 1. The van der Waals surface area contributed by atoms with E-state index in [9.17, 15) is 13.2 Å². The van der Waals surface area contributed by atoms with E-state index < -0.39 is 15.9 Å². The molecule has 0 aliphatic rings. The number of halogens is 1. The van der Waals surface area contributed by atoms with Crippen molar-refractivity contribution in [1.29, 1.82) is 0 Å². The average molecular weight is 493 g/mol. The van der Waals surface area contributed by atoms with Crippen molar-refractivity contribution < 1.29 is 13.2 Å². The molecule has 1 aromatic heterocycles. The highest BCUT2D eigenvalue weighted by Gasteiger charge is 2.17. The van der Waals surface area contributed by atoms with Crippen molar-refractivity contribution in [1.82, 2.24) is 10.4 Å². The van der Waals surface area contributed by atoms with Crippen LogP contribution in [0, 0.1) is 0 Å². The van der Waals surface area contributed by atoms with E-state index in [4.69, 9.17) is 11.6 Å². The zero-order valence-corrected chi connectivity index (χ0v) is 19.8. The summed E-state index contributed by atoms with van der Waals surface area (Å²) in [4.78, 5) is 16.8. The van der Waals surface area contributed by atoms with Crippen LogP contribution < -0.4 is 9.73 Å². The third kappa shape index (κ3) is 5.59. The van der Waals surface area contributed by atoms with Crippen LogP contribution in [-0.4, -0.2) is 31.8 Å². The molecule has 9 heteroatoms. The zero-order valence-electron chi connectivity index (χ0n) is 18.2. The Morgan fingerprint density at radius 3 is 2.41 bits per heavy atom. The Balaban J connectivity index is 1.43. The monoisotopic (exact) mass is 492 g/mol. The highest BCUT2D eigenvalue weighted by Crippen LogP contribution is 2.21. The van der Waals surface area contributed by atoms with Crippen molar-refractivity contribution in [2.75, 3.05) is 10.6 Å². The van der Waals surface area contributed by atoms with Crippen LogP contribution in [0.1, 0.15) is 21.5 Å². The van der Waals surface area contributed by atoms with Crippen LogP contribution in [0.3, 0.4) is 0 Å². The number of fused-ring (bicyclic) bond motifs is 1. The van der Waals surface area contributed by atoms with Crippen LogP contribution in [-0.2, 0) is 16.6 Å². The molecule has 0 saturated heterocycles. The van der Waals surface area contributed by atoms with E-state index in [1.165, 1.54) is 10.5 Å². The molecule has 1 N–H and O–H groups in total. The maximum absolute atomic E-state index is 12.5. The molecule has 0 unspecified atom stereocenters. The third-order valence-electron chi connectivity index (χ3n) is 5.06. The van der Waals surface area contributed by atoms with Crippen molar-refractivity contribution in [3.8, 4) is 0 Å². The van der Waals surface area contributed by atoms with Gasteiger partial charge in [-0.15, -0.1) is 0 Å². The number of anilines is 1. The number of hydrogen-bond acceptors (Lipinski definition) is 5. The minimum absolute atomic E-state index is 0.149. The predicted molar refractivity (Wildman–Crippen MR) is 136 cm³/mol. The number of carbonyl (C=O) groups is 1. The molecule has 7 nitrogen and oxygen atoms in total. The lowest BCUT2D eigenvalue weighted by Gasteiger charge is -2.22. The number of carbonyl (C=O) groups excluding carboxylic acids is 1. The molecule has 0 radical (unpaired) electrons. The van der Waals surface area contributed by atoms with Crippen molar-refractivity contribution >= 4 is 50.3 Å². The van der Waals surface area contributed by atoms with E-state index in [-0.39, 0.29) is 11.7 Å². The first kappa shape index (κ1) is 23.4. The maximum atomic E-state index is 12.5. The van der Waals surface area contributed by atoms with Gasteiger partial charge < -0.3 is 0 Å². The molecule has 3 aromatic carbocycles. The largest absolute Gasteiger partial charge is 0.271 e. The Kier molecular flexibility index (Phi) is 6.90. The minimum atomic E-state index is -3.48. The van der Waals surface area contributed by atoms with E-state index in [1.54, 1.807) is 48.5 Å². The summed E-state index contributed by atoms with van der Waals surface area (Å²) < 4.78 is 25.9. The summed E-state index contributed by atoms with van der Waals surface area (Å²) in [7, 11) is -3.48. The van der Waals surface area contributed by atoms with Gasteiger partial charge in [-0.25, -0.2) is 18.8 Å². The topological polar surface area (TPSA) is 91.7 Å². The number of pyridine rings is 1. The fourth-order valence-corrected chi connectivity index (χ4v) is 4.43. The summed E-state index contributed by atoms with van der Waals surface area (Å²) in [5.41, 5.74) is 5.52. The van der Waals surface area contributed by atoms with Gasteiger partial charge in [0, 0.05) is 16.5 Å². The van der Waals surface area contributed by atoms with Crippen molar-refractivity contribution in [2.45, 2.75) is 6.54 Å². The first-order chi connectivity index (χ1) is 16.3. The highest BCUT2D eigenvalue weighted by molar-refractivity contribution is 7.92. The number of aromatic nitrogens is 1. The van der Waals surface area contributed by atoms with Gasteiger partial charge in [0.05, 0.1) is 30.2 Å². The molecule has 1 amide bonds. The molecule has 0 saturated carbocycles. The lowest BCUT2D eigenvalue weighted by atomic mass is 10.1. The normalized spacial score (nSPS) is 11.6. The van der Waals surface area contributed by atoms with E-state index in [1.807, 2.05) is 36.4 Å². The number of sulfonamides is 1. The van der Waals surface area contributed by atoms with Crippen molar-refractivity contribution in [2.24, 2.45) is 5.10 Å². The summed E-state index contributed by atoms with van der Waals surface area (Å²) in [5.74, 6) is -0.407. The molecule has 34 heavy (non-hydrogen) atoms. The molecular weight excluding hydrogens is 472 g/mol. The molecule has 0 aliphatic carbocycles. The number of nitrogens with one attached hydrogen (secondary N) is 1. The second-order valence-electron chi connectivity index (χ2n) is 7.56. The maximum Gasteiger partial charge on any atom is 0.271 e. The summed E-state index contributed by atoms with van der Waals surface area (Å²) in [6.45, 7) is 0.149. The zero-order chi connectivity index (χ0) is 24.1. The van der Waals surface area contributed by atoms with Gasteiger partial charge in [0.25, 0.3) is 5.91 Å². The molecule has 0 fully saturated rings. The lowest BCUT2D eigenvalue weighted by Crippen LogP contribution is -2.29. The van der Waals surface area contributed by atoms with Crippen LogP contribution >= 0.6 is 11.6 Å². The minimum Gasteiger partial charge on any atom is -0.267 e. The fraction of sp³-hybridized carbons (Fsp3) is 0.0800. The van der Waals surface area contributed by atoms with E-state index in [2.05, 4.69) is 15.5 Å². The molecule has 1 heterocycles. The second-order valence-corrected chi connectivity index (χ2v) is 9.83. The summed E-state index contributed by atoms with van der Waals surface area (Å²) in [6, 6.07) is 24.9. The number of amides is 1. The molecule has 0 spiro atoms. The molecule has 4 aromatic rings. The fourth-order valence-electron chi connectivity index (χ4n) is 3.35. The van der Waals surface area contributed by atoms with Gasteiger partial charge in [0.15, 0.2) is 0 Å². The standard InChI is InChI=1S/C25H21ClN4O3S/c1-34(32,33)30(22-8-3-2-4-9-22)17-18-11-13-19(14-12-18)25(31)29-27-16-21-15-20-7-5-6-10-23(20)28-24(21)26/h2-16H,17H2,1H3,(H,29,31)/b27-16-. The Labute approximate surface area is 202 Å². The van der Waals surface area contributed by atoms with Crippen molar-refractivity contribution in [3.63, 3.8) is 0 Å². The van der Waals surface area contributed by atoms with Crippen LogP contribution in [0.15, 0.2) is 90.0 Å². The first-order valence-corrected chi connectivity index (χ1v) is 12.5. The number of rotatable bonds is 7. The van der Waals surface area contributed by atoms with Gasteiger partial charge in [-0.3, -0.25) is 9.10 Å². The molecule has 4 rings (SSSR count). The van der Waals surface area contributed by atoms with Gasteiger partial charge >= 0.3 is 0 Å². The van der Waals surface area contributed by atoms with Gasteiger partial charge in [-0.1, -0.05) is 60.1 Å². The summed E-state index contributed by atoms with van der Waals surface area (Å²) in [6.07, 6.45) is 2.61. The van der Waals surface area contributed by atoms with Gasteiger partial charge in [-0.05, 0) is 42.0 Å². The summed E-state index contributed by atoms with van der Waals surface area (Å²) in [5, 5.41) is 5.19. The molecular formula is C25H21ClN4O3S. The lowest BCUT2D eigenvalue weighted by molar-refractivity contribution is 0.0955. The van der Waals surface area contributed by atoms with Crippen LogP contribution in [0.4, 0.5) is 5.69 Å². The first-order valence-electron chi connectivity index (χ1n) is 10.3. The smallest absolute Gasteiger partial charge is 0.267 e. The Morgan fingerprint density at radius 1 is 1.03 bits per heavy atom. The molecule has 172 valence electrons. The molecule has 0 atom stereocenters. The number of hydrazone groups is 1. The summed E-state index contributed by atoms with van der Waals surface area (Å²) >= 11 is 6.21. The number of nitrogens with zero attached hydrogens (tertiary/aromatic N) is 3. The number of benzene rings is 3. The van der Waals surface area contributed by atoms with Crippen LogP contribution in [0.25, 0.3) is 10.9 Å². The second kappa shape index (κ2) is 10.0. The Bertz CT molecular complexity index is 1460. The number of para-hydroxylation sites is 2. The predicted octanol–water partition coefficient (Wildman–Crippen LogP) is 4.62. The van der Waals surface area contributed by atoms with Crippen molar-refractivity contribution in [3.05, 3.63) is 107 Å². The quantitative estimate of drug-likeness (QED) is 0.231. The van der Waals surface area contributed by atoms with Gasteiger partial charge in [-0.2, -0.15) is 5.10 Å². The van der Waals surface area contributed by atoms with E-state index in [0.717, 1.165) is 22.7 Å². The molecule has 0 aliphatic heterocycles. The van der Waals surface area contributed by atoms with E-state index >= 15 is 0 Å². The van der Waals surface area contributed by atoms with Crippen LogP contribution in [0.5, 0.6) is 0 Å². The Hall–Kier alpha value is -3.75. The van der Waals surface area contributed by atoms with Crippen LogP contribution in [0.2, 0.25) is 5.15 Å².